The molecule has 0 saturated carbocycles. The first kappa shape index (κ1) is 26.3. The summed E-state index contributed by atoms with van der Waals surface area (Å²) in [5, 5.41) is 6.17. The SMILES string of the molecule is C=C/N=C(/N)CCC(C1=CC[C@@H](NS(=O)(=O)C(F)F)[C@H]1NNC)N(N=C)C1CCOCC1. The first-order valence-electron chi connectivity index (χ1n) is 10.4. The van der Waals surface area contributed by atoms with Gasteiger partial charge in [-0.15, -0.1) is 0 Å². The molecule has 2 rings (SSSR count). The molecule has 0 bridgehead atoms. The zero-order valence-corrected chi connectivity index (χ0v) is 19.0. The number of nitrogens with zero attached hydrogens (tertiary/aromatic N) is 3. The Labute approximate surface area is 188 Å². The molecule has 0 aromatic rings. The maximum absolute atomic E-state index is 13.0. The van der Waals surface area contributed by atoms with E-state index >= 15 is 0 Å². The molecule has 0 radical (unpaired) electrons. The van der Waals surface area contributed by atoms with Gasteiger partial charge in [-0.25, -0.2) is 23.6 Å². The highest BCUT2D eigenvalue weighted by Crippen LogP contribution is 2.32. The monoisotopic (exact) mass is 477 g/mol. The van der Waals surface area contributed by atoms with Crippen LogP contribution in [0.4, 0.5) is 8.78 Å². The van der Waals surface area contributed by atoms with Crippen molar-refractivity contribution >= 4 is 22.6 Å². The van der Waals surface area contributed by atoms with Gasteiger partial charge in [-0.3, -0.25) is 10.4 Å². The molecule has 2 aliphatic rings. The number of nitrogens with two attached hydrogens (primary N) is 1. The first-order valence-corrected chi connectivity index (χ1v) is 12.0. The number of hydrazone groups is 1. The van der Waals surface area contributed by atoms with Crippen molar-refractivity contribution in [3.8, 4) is 0 Å². The van der Waals surface area contributed by atoms with E-state index in [4.69, 9.17) is 10.5 Å². The highest BCUT2D eigenvalue weighted by molar-refractivity contribution is 7.89. The number of rotatable bonds is 13. The van der Waals surface area contributed by atoms with Gasteiger partial charge in [-0.05, 0) is 38.3 Å². The Morgan fingerprint density at radius 2 is 2.12 bits per heavy atom. The van der Waals surface area contributed by atoms with Crippen molar-refractivity contribution in [1.82, 2.24) is 20.6 Å². The smallest absolute Gasteiger partial charge is 0.350 e. The fourth-order valence-corrected chi connectivity index (χ4v) is 4.91. The number of halogens is 2. The molecule has 0 amide bonds. The third-order valence-electron chi connectivity index (χ3n) is 5.58. The summed E-state index contributed by atoms with van der Waals surface area (Å²) in [5.74, 6) is -3.12. The minimum atomic E-state index is -4.76. The van der Waals surface area contributed by atoms with Gasteiger partial charge in [-0.2, -0.15) is 13.9 Å². The predicted octanol–water partition coefficient (Wildman–Crippen LogP) is 0.666. The molecule has 3 atom stereocenters. The highest BCUT2D eigenvalue weighted by Gasteiger charge is 2.40. The molecule has 1 unspecified atom stereocenters. The average Bonchev–Trinajstić information content (AvgIpc) is 3.13. The van der Waals surface area contributed by atoms with Crippen molar-refractivity contribution in [2.75, 3.05) is 20.3 Å². The lowest BCUT2D eigenvalue weighted by Gasteiger charge is -2.40. The van der Waals surface area contributed by atoms with Gasteiger partial charge in [0, 0.05) is 38.6 Å². The van der Waals surface area contributed by atoms with Crippen molar-refractivity contribution < 1.29 is 21.9 Å². The second-order valence-electron chi connectivity index (χ2n) is 7.56. The molecule has 1 saturated heterocycles. The summed E-state index contributed by atoms with van der Waals surface area (Å²) < 4.78 is 57.1. The van der Waals surface area contributed by atoms with E-state index in [2.05, 4.69) is 39.0 Å². The number of aliphatic imine (C=N–C) groups is 1. The second-order valence-corrected chi connectivity index (χ2v) is 9.25. The molecular weight excluding hydrogens is 444 g/mol. The lowest BCUT2D eigenvalue weighted by atomic mass is 9.93. The summed E-state index contributed by atoms with van der Waals surface area (Å²) in [7, 11) is -3.14. The number of hydrogen-bond donors (Lipinski definition) is 4. The van der Waals surface area contributed by atoms with Crippen molar-refractivity contribution in [2.24, 2.45) is 15.8 Å². The van der Waals surface area contributed by atoms with Crippen LogP contribution in [0.3, 0.4) is 0 Å². The largest absolute Gasteiger partial charge is 0.387 e. The molecule has 0 aromatic carbocycles. The Kier molecular flexibility index (Phi) is 10.2. The number of nitrogens with one attached hydrogen (secondary N) is 3. The van der Waals surface area contributed by atoms with Crippen molar-refractivity contribution in [3.05, 3.63) is 24.4 Å². The Balaban J connectivity index is 2.33. The topological polar surface area (TPSA) is 133 Å². The van der Waals surface area contributed by atoms with Gasteiger partial charge >= 0.3 is 5.76 Å². The summed E-state index contributed by atoms with van der Waals surface area (Å²) in [5.41, 5.74) is 12.6. The van der Waals surface area contributed by atoms with E-state index in [0.29, 0.717) is 31.9 Å². The average molecular weight is 478 g/mol. The van der Waals surface area contributed by atoms with E-state index in [0.717, 1.165) is 18.4 Å². The summed E-state index contributed by atoms with van der Waals surface area (Å²) in [6.45, 7) is 8.49. The van der Waals surface area contributed by atoms with Crippen LogP contribution in [0.25, 0.3) is 0 Å². The number of alkyl halides is 2. The molecule has 13 heteroatoms. The summed E-state index contributed by atoms with van der Waals surface area (Å²) in [4.78, 5) is 4.01. The lowest BCUT2D eigenvalue weighted by Crippen LogP contribution is -2.55. The van der Waals surface area contributed by atoms with Crippen LogP contribution in [0, 0.1) is 0 Å². The van der Waals surface area contributed by atoms with Crippen LogP contribution in [0.5, 0.6) is 0 Å². The van der Waals surface area contributed by atoms with E-state index in [1.165, 1.54) is 6.20 Å². The maximum Gasteiger partial charge on any atom is 0.350 e. The van der Waals surface area contributed by atoms with E-state index in [1.807, 2.05) is 11.1 Å². The van der Waals surface area contributed by atoms with E-state index in [1.54, 1.807) is 7.05 Å². The number of sulfonamides is 1. The lowest BCUT2D eigenvalue weighted by molar-refractivity contribution is 0.0219. The Bertz CT molecular complexity index is 801. The molecule has 0 aromatic heterocycles. The van der Waals surface area contributed by atoms with E-state index in [9.17, 15) is 17.2 Å². The number of hydrazine groups is 1. The van der Waals surface area contributed by atoms with Crippen molar-refractivity contribution in [2.45, 2.75) is 62.0 Å². The molecule has 0 spiro atoms. The van der Waals surface area contributed by atoms with Crippen LogP contribution in [0.1, 0.15) is 32.1 Å². The van der Waals surface area contributed by atoms with Gasteiger partial charge in [0.25, 0.3) is 10.0 Å². The number of amidine groups is 1. The summed E-state index contributed by atoms with van der Waals surface area (Å²) in [6.07, 6.45) is 5.92. The van der Waals surface area contributed by atoms with E-state index in [-0.39, 0.29) is 18.5 Å². The number of hydrogen-bond acceptors (Lipinski definition) is 8. The summed E-state index contributed by atoms with van der Waals surface area (Å²) >= 11 is 0. The standard InChI is InChI=1S/C19H33F2N7O3S/c1-4-25-17(22)8-7-16(28(24-3)13-9-11-31-12-10-13)14-5-6-15(18(14)26-23-2)27-32(29,30)19(20)21/h4-5,13,15-16,18-19,23,26-27H,1,3,6-12H2,2H3,(H2,22,25)/t15-,16?,18+/m1/s1. The molecule has 1 aliphatic heterocycles. The maximum atomic E-state index is 13.0. The molecule has 182 valence electrons. The van der Waals surface area contributed by atoms with Crippen molar-refractivity contribution in [3.63, 3.8) is 0 Å². The normalized spacial score (nSPS) is 23.8. The predicted molar refractivity (Wildman–Crippen MR) is 121 cm³/mol. The number of ether oxygens (including phenoxy) is 1. The molecule has 5 N–H and O–H groups in total. The van der Waals surface area contributed by atoms with Crippen LogP contribution in [0.15, 0.2) is 34.5 Å². The Hall–Kier alpha value is -1.93. The zero-order valence-electron chi connectivity index (χ0n) is 18.2. The fraction of sp³-hybridized carbons (Fsp3) is 0.684. The van der Waals surface area contributed by atoms with E-state index < -0.39 is 27.9 Å². The first-order chi connectivity index (χ1) is 15.2. The van der Waals surface area contributed by atoms with Crippen LogP contribution in [0.2, 0.25) is 0 Å². The minimum Gasteiger partial charge on any atom is -0.387 e. The Morgan fingerprint density at radius 3 is 2.69 bits per heavy atom. The van der Waals surface area contributed by atoms with Crippen LogP contribution in [-0.2, 0) is 14.8 Å². The molecule has 1 heterocycles. The molecule has 1 aliphatic carbocycles. The Morgan fingerprint density at radius 1 is 1.44 bits per heavy atom. The third kappa shape index (κ3) is 6.78. The fourth-order valence-electron chi connectivity index (χ4n) is 4.16. The third-order valence-corrected chi connectivity index (χ3v) is 6.68. The van der Waals surface area contributed by atoms with Crippen LogP contribution < -0.4 is 21.3 Å². The van der Waals surface area contributed by atoms with Crippen molar-refractivity contribution in [1.29, 1.82) is 0 Å². The second kappa shape index (κ2) is 12.3. The van der Waals surface area contributed by atoms with Gasteiger partial charge in [0.15, 0.2) is 0 Å². The van der Waals surface area contributed by atoms with Gasteiger partial charge in [0.05, 0.1) is 24.0 Å². The van der Waals surface area contributed by atoms with Crippen LogP contribution >= 0.6 is 0 Å². The van der Waals surface area contributed by atoms with Gasteiger partial charge in [-0.1, -0.05) is 12.7 Å². The molecule has 1 fully saturated rings. The zero-order chi connectivity index (χ0) is 23.7. The van der Waals surface area contributed by atoms with Gasteiger partial charge in [0.1, 0.15) is 0 Å². The summed E-state index contributed by atoms with van der Waals surface area (Å²) in [6, 6.07) is -1.61. The molecule has 10 nitrogen and oxygen atoms in total. The van der Waals surface area contributed by atoms with Gasteiger partial charge in [0.2, 0.25) is 0 Å². The molecular formula is C19H33F2N7O3S. The highest BCUT2D eigenvalue weighted by atomic mass is 32.2. The minimum absolute atomic E-state index is 0.0664. The van der Waals surface area contributed by atoms with Crippen LogP contribution in [-0.4, -0.2) is 76.2 Å². The van der Waals surface area contributed by atoms with Gasteiger partial charge < -0.3 is 10.5 Å². The quantitative estimate of drug-likeness (QED) is 0.133. The molecule has 32 heavy (non-hydrogen) atoms.